The molecule has 654 valence electrons. The van der Waals surface area contributed by atoms with E-state index in [9.17, 15) is 0 Å². The molecule has 0 spiro atoms. The molecule has 0 saturated carbocycles. The molecule has 0 unspecified atom stereocenters. The molecule has 0 radical (unpaired) electrons. The third kappa shape index (κ3) is 16.6. The van der Waals surface area contributed by atoms with Crippen molar-refractivity contribution in [3.63, 3.8) is 0 Å². The number of hydrogen-bond donors (Lipinski definition) is 0. The fraction of sp³-hybridized carbons (Fsp3) is 0.149. The van der Waals surface area contributed by atoms with E-state index in [1.54, 1.807) is 0 Å². The summed E-state index contributed by atoms with van der Waals surface area (Å²) in [5.41, 5.74) is 24.3. The lowest BCUT2D eigenvalue weighted by Crippen LogP contribution is -2.41. The van der Waals surface area contributed by atoms with E-state index in [1.165, 1.54) is 152 Å². The summed E-state index contributed by atoms with van der Waals surface area (Å²) in [7, 11) is -1.29. The van der Waals surface area contributed by atoms with Crippen LogP contribution in [0.2, 0.25) is 0 Å². The second kappa shape index (κ2) is 35.2. The van der Waals surface area contributed by atoms with Crippen LogP contribution in [0.1, 0.15) is 83.1 Å². The largest absolute Gasteiger partial charge is 0.494 e. The molecule has 3 fully saturated rings. The molecular weight excluding hydrogens is 1670 g/mol. The molecule has 23 rings (SSSR count). The topological polar surface area (TPSA) is 73.2 Å². The smallest absolute Gasteiger partial charge is 0.399 e. The van der Waals surface area contributed by atoms with E-state index in [-0.39, 0.29) is 18.3 Å². The van der Waals surface area contributed by atoms with Crippen LogP contribution in [-0.2, 0) is 27.9 Å². The zero-order valence-electron chi connectivity index (χ0n) is 77.6. The van der Waals surface area contributed by atoms with Gasteiger partial charge in [-0.25, -0.2) is 4.98 Å². The van der Waals surface area contributed by atoms with Crippen molar-refractivity contribution >= 4 is 115 Å². The summed E-state index contributed by atoms with van der Waals surface area (Å²) in [6.45, 7) is 25.2. The Balaban J connectivity index is 0.000000126. The molecule has 3 aliphatic heterocycles. The average Bonchev–Trinajstić information content (AvgIpc) is 1.26. The van der Waals surface area contributed by atoms with Gasteiger partial charge in [-0.05, 0) is 292 Å². The van der Waals surface area contributed by atoms with Gasteiger partial charge in [-0.1, -0.05) is 346 Å². The number of hydrogen-bond acceptors (Lipinski definition) is 9. The minimum absolute atomic E-state index is 0.350. The van der Waals surface area contributed by atoms with E-state index in [1.807, 2.05) is 34.8 Å². The van der Waals surface area contributed by atoms with Crippen molar-refractivity contribution in [3.05, 3.63) is 406 Å². The minimum atomic E-state index is -0.475. The van der Waals surface area contributed by atoms with Crippen molar-refractivity contribution < 1.29 is 27.9 Å². The molecule has 17 aromatic carbocycles. The highest BCUT2D eigenvalue weighted by Gasteiger charge is 2.54. The lowest BCUT2D eigenvalue weighted by molar-refractivity contribution is 0.00578. The van der Waals surface area contributed by atoms with Crippen molar-refractivity contribution in [2.75, 3.05) is 0 Å². The Morgan fingerprint density at radius 3 is 0.873 bits per heavy atom. The highest BCUT2D eigenvalue weighted by Crippen LogP contribution is 2.50. The van der Waals surface area contributed by atoms with Gasteiger partial charge in [0.1, 0.15) is 5.82 Å². The Kier molecular flexibility index (Phi) is 22.9. The molecule has 3 saturated heterocycles. The van der Waals surface area contributed by atoms with E-state index in [2.05, 4.69) is 482 Å². The fourth-order valence-electron chi connectivity index (χ4n) is 18.8. The molecule has 3 aliphatic rings. The normalized spacial score (nSPS) is 15.6. The first-order valence-electron chi connectivity index (χ1n) is 46.4. The number of aromatic nitrogens is 2. The molecule has 13 heteroatoms. The van der Waals surface area contributed by atoms with Gasteiger partial charge in [-0.15, -0.1) is 22.7 Å². The van der Waals surface area contributed by atoms with Gasteiger partial charge in [0.2, 0.25) is 0 Å². The molecule has 134 heavy (non-hydrogen) atoms. The number of rotatable bonds is 15. The first kappa shape index (κ1) is 87.3. The van der Waals surface area contributed by atoms with Crippen molar-refractivity contribution in [1.82, 2.24) is 9.55 Å². The molecule has 8 nitrogen and oxygen atoms in total. The van der Waals surface area contributed by atoms with Gasteiger partial charge in [-0.2, -0.15) is 0 Å². The molecule has 0 bridgehead atoms. The quantitative estimate of drug-likeness (QED) is 0.0748. The van der Waals surface area contributed by atoms with Crippen LogP contribution in [0.5, 0.6) is 0 Å². The summed E-state index contributed by atoms with van der Waals surface area (Å²) in [5, 5.41) is 9.67. The van der Waals surface area contributed by atoms with Crippen LogP contribution < -0.4 is 16.4 Å². The van der Waals surface area contributed by atoms with Crippen LogP contribution in [-0.4, -0.2) is 64.5 Å². The van der Waals surface area contributed by atoms with Gasteiger partial charge in [0, 0.05) is 30.8 Å². The summed E-state index contributed by atoms with van der Waals surface area (Å²) in [6, 6.07) is 146. The van der Waals surface area contributed by atoms with Crippen LogP contribution in [0.15, 0.2) is 406 Å². The Morgan fingerprint density at radius 2 is 0.478 bits per heavy atom. The summed E-state index contributed by atoms with van der Waals surface area (Å²) in [5.74, 6) is 0.919. The number of para-hydroxylation sites is 3. The van der Waals surface area contributed by atoms with Crippen molar-refractivity contribution in [2.24, 2.45) is 0 Å². The van der Waals surface area contributed by atoms with Crippen LogP contribution in [0.3, 0.4) is 0 Å². The highest BCUT2D eigenvalue weighted by atomic mass is 32.1. The van der Waals surface area contributed by atoms with E-state index in [0.29, 0.717) is 0 Å². The maximum absolute atomic E-state index is 6.64. The number of thiophene rings is 2. The Hall–Kier alpha value is -13.4. The number of fused-ring (bicyclic) bond motifs is 5. The van der Waals surface area contributed by atoms with Crippen LogP contribution in [0.4, 0.5) is 0 Å². The standard InChI is InChI=1S/C52H41BO2S2.C44H37BO2.C25H25BN2O2/c1-51(2)52(3,4)55-53(54-51)40-25-26-43-44(33-40)50(39-22-14-20-37(32-39)48-30-28-46(57-48)35-17-9-6-10-18-35)42-24-12-11-23-41(42)49(43)38-21-13-19-36(31-38)47-29-27-45(56-47)34-15-7-5-8-16-34;1-43(2)44(3,4)47-45(46-43)36-27-28-39-40(29-36)42(35-25-21-33(22-26-35)31-15-9-6-10-16-31)38-18-12-11-17-37(38)41(39)34-23-19-32(20-24-34)30-13-7-5-8-14-30;1-24(2)25(3,4)30-26(29-24)19-16-14-18(15-17-19)23-27-21-12-8-9-13-22(21)28(23)20-10-6-5-7-11-20/h5-33H,1-4H3;5-29H,1-4H3;5-17H,1-4H3. The monoisotopic (exact) mass is 1780 g/mol. The van der Waals surface area contributed by atoms with Gasteiger partial charge in [-0.3, -0.25) is 4.57 Å². The van der Waals surface area contributed by atoms with Crippen molar-refractivity contribution in [2.45, 2.75) is 117 Å². The zero-order chi connectivity index (χ0) is 91.8. The zero-order valence-corrected chi connectivity index (χ0v) is 79.2. The van der Waals surface area contributed by atoms with E-state index < -0.39 is 36.6 Å². The Bertz CT molecular complexity index is 7700. The van der Waals surface area contributed by atoms with Gasteiger partial charge in [0.25, 0.3) is 0 Å². The first-order chi connectivity index (χ1) is 64.9. The number of benzene rings is 17. The highest BCUT2D eigenvalue weighted by molar-refractivity contribution is 7.19. The van der Waals surface area contributed by atoms with Crippen molar-refractivity contribution in [1.29, 1.82) is 0 Å². The molecule has 20 aromatic rings. The van der Waals surface area contributed by atoms with Crippen LogP contribution >= 0.6 is 22.7 Å². The molecular formula is C121H103B3N2O6S2. The summed E-state index contributed by atoms with van der Waals surface area (Å²) in [4.78, 5) is 9.98. The Morgan fingerprint density at radius 1 is 0.209 bits per heavy atom. The molecule has 0 N–H and O–H groups in total. The van der Waals surface area contributed by atoms with Gasteiger partial charge >= 0.3 is 21.4 Å². The molecule has 0 atom stereocenters. The lowest BCUT2D eigenvalue weighted by Gasteiger charge is -2.32. The van der Waals surface area contributed by atoms with Gasteiger partial charge in [0.15, 0.2) is 0 Å². The maximum atomic E-state index is 6.64. The Labute approximate surface area is 794 Å². The third-order valence-corrected chi connectivity index (χ3v) is 30.5. The van der Waals surface area contributed by atoms with Gasteiger partial charge < -0.3 is 27.9 Å². The second-order valence-corrected chi connectivity index (χ2v) is 40.5. The van der Waals surface area contributed by atoms with Crippen molar-refractivity contribution in [3.8, 4) is 126 Å². The SMILES string of the molecule is CC1(C)OB(c2ccc(-c3nc4ccccc4n3-c3ccccc3)cc2)OC1(C)C.CC1(C)OB(c2ccc3c(-c4ccc(-c5ccccc5)cc4)c4ccccc4c(-c4ccc(-c5ccccc5)cc4)c3c2)OC1(C)C.CC1(C)OB(c2ccc3c(-c4cccc(-c5ccc(-c6ccccc6)s5)c4)c4ccccc4c(-c4cccc(-c5ccc(-c6ccccc6)s5)c4)c3c2)OC1(C)C. The fourth-order valence-corrected chi connectivity index (χ4v) is 20.8. The molecule has 0 aliphatic carbocycles. The van der Waals surface area contributed by atoms with Crippen LogP contribution in [0.25, 0.3) is 180 Å². The van der Waals surface area contributed by atoms with E-state index in [4.69, 9.17) is 32.9 Å². The second-order valence-electron chi connectivity index (χ2n) is 38.3. The maximum Gasteiger partial charge on any atom is 0.494 e. The predicted molar refractivity (Wildman–Crippen MR) is 567 cm³/mol. The minimum Gasteiger partial charge on any atom is -0.399 e. The average molecular weight is 1780 g/mol. The lowest BCUT2D eigenvalue weighted by atomic mass is 9.76. The molecule has 0 amide bonds. The third-order valence-electron chi connectivity index (χ3n) is 28.2. The molecule has 6 heterocycles. The van der Waals surface area contributed by atoms with Gasteiger partial charge in [0.05, 0.1) is 44.6 Å². The van der Waals surface area contributed by atoms with Crippen LogP contribution in [0, 0.1) is 0 Å². The van der Waals surface area contributed by atoms with E-state index >= 15 is 0 Å². The summed E-state index contributed by atoms with van der Waals surface area (Å²) in [6.07, 6.45) is 0. The summed E-state index contributed by atoms with van der Waals surface area (Å²) < 4.78 is 41.0. The van der Waals surface area contributed by atoms with E-state index in [0.717, 1.165) is 44.5 Å². The predicted octanol–water partition coefficient (Wildman–Crippen LogP) is 30.4. The molecule has 3 aromatic heterocycles. The number of imidazole rings is 1. The number of nitrogens with zero attached hydrogens (tertiary/aromatic N) is 2. The summed E-state index contributed by atoms with van der Waals surface area (Å²) >= 11 is 3.67. The first-order valence-corrected chi connectivity index (χ1v) is 48.0.